The van der Waals surface area contributed by atoms with Gasteiger partial charge >= 0.3 is 11.9 Å². The van der Waals surface area contributed by atoms with E-state index < -0.39 is 32.5 Å². The summed E-state index contributed by atoms with van der Waals surface area (Å²) in [5.74, 6) is -0.869. The van der Waals surface area contributed by atoms with Crippen LogP contribution in [0.15, 0.2) is 97.2 Å². The molecule has 10 heteroatoms. The van der Waals surface area contributed by atoms with Crippen molar-refractivity contribution in [1.82, 2.24) is 0 Å². The van der Waals surface area contributed by atoms with Gasteiger partial charge in [-0.3, -0.25) is 14.2 Å². The van der Waals surface area contributed by atoms with Gasteiger partial charge in [0.2, 0.25) is 0 Å². The molecule has 0 spiro atoms. The van der Waals surface area contributed by atoms with Crippen molar-refractivity contribution in [2.45, 2.75) is 187 Å². The monoisotopic (exact) mass is 914 g/mol. The van der Waals surface area contributed by atoms with Crippen molar-refractivity contribution < 1.29 is 42.1 Å². The van der Waals surface area contributed by atoms with Gasteiger partial charge in [-0.15, -0.1) is 0 Å². The van der Waals surface area contributed by atoms with Crippen molar-refractivity contribution in [3.05, 3.63) is 97.2 Å². The summed E-state index contributed by atoms with van der Waals surface area (Å²) in [6.45, 7) is 4.01. The van der Waals surface area contributed by atoms with Crippen LogP contribution in [-0.2, 0) is 32.7 Å². The van der Waals surface area contributed by atoms with E-state index in [0.29, 0.717) is 23.9 Å². The number of quaternary nitrogens is 1. The number of ether oxygens (including phenoxy) is 2. The maximum absolute atomic E-state index is 12.7. The fourth-order valence-corrected chi connectivity index (χ4v) is 6.95. The van der Waals surface area contributed by atoms with Crippen molar-refractivity contribution in [3.63, 3.8) is 0 Å². The van der Waals surface area contributed by atoms with Crippen LogP contribution in [0.25, 0.3) is 0 Å². The summed E-state index contributed by atoms with van der Waals surface area (Å²) in [4.78, 5) is 37.6. The Morgan fingerprint density at radius 2 is 0.891 bits per heavy atom. The predicted octanol–water partition coefficient (Wildman–Crippen LogP) is 14.3. The molecule has 0 aromatic rings. The summed E-state index contributed by atoms with van der Waals surface area (Å²) in [5, 5.41) is 0. The van der Waals surface area contributed by atoms with Crippen LogP contribution in [0.3, 0.4) is 0 Å². The van der Waals surface area contributed by atoms with Crippen molar-refractivity contribution in [3.8, 4) is 0 Å². The standard InChI is InChI=1S/C54H92NO8P/c1-6-8-10-12-14-16-18-20-21-22-23-24-25-26-27-28-29-30-31-32-33-35-37-39-41-43-45-47-54(57)63-52(51-62-64(58,59)61-49-48-55(3,4)5)50-60-53(56)46-44-42-40-38-36-34-19-17-15-13-11-9-7-2/h8,10-11,13-14,16-17,19-21,23-24,26-27,29-30,52H,6-7,9,12,15,18,22,25,28,31-51H2,1-5H3/b10-8-,13-11-,16-14-,19-17-,21-20-,24-23-,27-26-,30-29-. The van der Waals surface area contributed by atoms with Crippen LogP contribution in [0.4, 0.5) is 0 Å². The van der Waals surface area contributed by atoms with Crippen molar-refractivity contribution in [1.29, 1.82) is 0 Å². The minimum Gasteiger partial charge on any atom is -0.756 e. The lowest BCUT2D eigenvalue weighted by Gasteiger charge is -2.28. The van der Waals surface area contributed by atoms with E-state index >= 15 is 0 Å². The van der Waals surface area contributed by atoms with Gasteiger partial charge in [0.15, 0.2) is 6.10 Å². The molecule has 0 amide bonds. The highest BCUT2D eigenvalue weighted by atomic mass is 31.2. The second kappa shape index (κ2) is 45.1. The molecule has 0 bridgehead atoms. The first-order chi connectivity index (χ1) is 31.0. The fourth-order valence-electron chi connectivity index (χ4n) is 6.22. The molecule has 0 rings (SSSR count). The van der Waals surface area contributed by atoms with E-state index in [1.165, 1.54) is 32.1 Å². The molecule has 0 heterocycles. The molecule has 9 nitrogen and oxygen atoms in total. The number of carbonyl (C=O) groups is 2. The maximum atomic E-state index is 12.7. The van der Waals surface area contributed by atoms with E-state index in [2.05, 4.69) is 111 Å². The number of phosphoric acid groups is 1. The van der Waals surface area contributed by atoms with Crippen LogP contribution in [-0.4, -0.2) is 70.0 Å². The highest BCUT2D eigenvalue weighted by molar-refractivity contribution is 7.45. The summed E-state index contributed by atoms with van der Waals surface area (Å²) in [7, 11) is 1.14. The first kappa shape index (κ1) is 60.9. The molecular formula is C54H92NO8P. The maximum Gasteiger partial charge on any atom is 0.306 e. The van der Waals surface area contributed by atoms with Gasteiger partial charge < -0.3 is 27.9 Å². The predicted molar refractivity (Wildman–Crippen MR) is 268 cm³/mol. The number of hydrogen-bond acceptors (Lipinski definition) is 8. The highest BCUT2D eigenvalue weighted by Crippen LogP contribution is 2.38. The number of rotatable bonds is 44. The van der Waals surface area contributed by atoms with Gasteiger partial charge in [-0.25, -0.2) is 0 Å². The molecule has 2 atom stereocenters. The Kier molecular flexibility index (Phi) is 42.9. The highest BCUT2D eigenvalue weighted by Gasteiger charge is 2.21. The molecule has 0 aliphatic carbocycles. The largest absolute Gasteiger partial charge is 0.756 e. The number of likely N-dealkylation sites (N-methyl/N-ethyl adjacent to an activating group) is 1. The molecule has 0 N–H and O–H groups in total. The molecule has 0 fully saturated rings. The van der Waals surface area contributed by atoms with Crippen LogP contribution in [0, 0.1) is 0 Å². The van der Waals surface area contributed by atoms with Gasteiger partial charge in [0.05, 0.1) is 27.7 Å². The van der Waals surface area contributed by atoms with Gasteiger partial charge in [-0.1, -0.05) is 175 Å². The molecular weight excluding hydrogens is 822 g/mol. The first-order valence-electron chi connectivity index (χ1n) is 24.9. The van der Waals surface area contributed by atoms with E-state index in [1.54, 1.807) is 0 Å². The summed E-state index contributed by atoms with van der Waals surface area (Å²) in [6.07, 6.45) is 60.1. The Balaban J connectivity index is 4.27. The van der Waals surface area contributed by atoms with Crippen LogP contribution in [0.5, 0.6) is 0 Å². The number of hydrogen-bond donors (Lipinski definition) is 0. The van der Waals surface area contributed by atoms with Crippen LogP contribution >= 0.6 is 7.82 Å². The third-order valence-electron chi connectivity index (χ3n) is 10.1. The van der Waals surface area contributed by atoms with E-state index in [-0.39, 0.29) is 26.1 Å². The molecule has 0 saturated heterocycles. The molecule has 64 heavy (non-hydrogen) atoms. The molecule has 0 aliphatic heterocycles. The number of unbranched alkanes of at least 4 members (excludes halogenated alkanes) is 14. The zero-order chi connectivity index (χ0) is 47.1. The lowest BCUT2D eigenvalue weighted by Crippen LogP contribution is -2.37. The zero-order valence-electron chi connectivity index (χ0n) is 41.2. The SMILES string of the molecule is CC/C=C\C/C=C\C/C=C\C/C=C\C/C=C\C/C=C\CCCCCCCCCCC(=O)OC(COC(=O)CCCCCCC/C=C\C/C=C\CCC)COP(=O)([O-])OCC[N+](C)(C)C. The normalized spacial score (nSPS) is 14.3. The molecule has 0 aromatic heterocycles. The quantitative estimate of drug-likeness (QED) is 0.0195. The van der Waals surface area contributed by atoms with Crippen LogP contribution in [0.1, 0.15) is 181 Å². The third-order valence-corrected chi connectivity index (χ3v) is 11.0. The molecule has 0 saturated carbocycles. The number of carbonyl (C=O) groups excluding carboxylic acids is 2. The van der Waals surface area contributed by atoms with E-state index in [1.807, 2.05) is 21.1 Å². The summed E-state index contributed by atoms with van der Waals surface area (Å²) in [6, 6.07) is 0. The minimum absolute atomic E-state index is 0.0402. The average molecular weight is 914 g/mol. The van der Waals surface area contributed by atoms with Gasteiger partial charge in [0, 0.05) is 12.8 Å². The zero-order valence-corrected chi connectivity index (χ0v) is 42.1. The third kappa shape index (κ3) is 48.4. The van der Waals surface area contributed by atoms with Crippen molar-refractivity contribution >= 4 is 19.8 Å². The molecule has 366 valence electrons. The molecule has 0 aromatic carbocycles. The average Bonchev–Trinajstić information content (AvgIpc) is 3.25. The fraction of sp³-hybridized carbons (Fsp3) is 0.667. The molecule has 0 aliphatic rings. The Hall–Kier alpha value is -3.07. The summed E-state index contributed by atoms with van der Waals surface area (Å²) < 4.78 is 34.0. The van der Waals surface area contributed by atoms with Gasteiger partial charge in [-0.2, -0.15) is 0 Å². The molecule has 0 radical (unpaired) electrons. The van der Waals surface area contributed by atoms with Crippen LogP contribution < -0.4 is 4.89 Å². The van der Waals surface area contributed by atoms with Gasteiger partial charge in [-0.05, 0) is 89.9 Å². The topological polar surface area (TPSA) is 111 Å². The van der Waals surface area contributed by atoms with Gasteiger partial charge in [0.1, 0.15) is 19.8 Å². The lowest BCUT2D eigenvalue weighted by atomic mass is 10.1. The van der Waals surface area contributed by atoms with Gasteiger partial charge in [0.25, 0.3) is 7.82 Å². The van der Waals surface area contributed by atoms with E-state index in [4.69, 9.17) is 18.5 Å². The molecule has 2 unspecified atom stereocenters. The Labute approximate surface area is 392 Å². The number of esters is 2. The number of allylic oxidation sites excluding steroid dienone is 16. The minimum atomic E-state index is -4.64. The summed E-state index contributed by atoms with van der Waals surface area (Å²) >= 11 is 0. The Morgan fingerprint density at radius 3 is 1.33 bits per heavy atom. The van der Waals surface area contributed by atoms with Crippen molar-refractivity contribution in [2.24, 2.45) is 0 Å². The number of nitrogens with zero attached hydrogens (tertiary/aromatic N) is 1. The smallest absolute Gasteiger partial charge is 0.306 e. The second-order valence-corrected chi connectivity index (χ2v) is 18.9. The summed E-state index contributed by atoms with van der Waals surface area (Å²) in [5.41, 5.74) is 0. The van der Waals surface area contributed by atoms with E-state index in [0.717, 1.165) is 109 Å². The van der Waals surface area contributed by atoms with E-state index in [9.17, 15) is 19.0 Å². The Bertz CT molecular complexity index is 1400. The number of phosphoric ester groups is 1. The Morgan fingerprint density at radius 1 is 0.500 bits per heavy atom. The first-order valence-corrected chi connectivity index (χ1v) is 26.4. The van der Waals surface area contributed by atoms with Crippen molar-refractivity contribution in [2.75, 3.05) is 47.5 Å². The van der Waals surface area contributed by atoms with Crippen LogP contribution in [0.2, 0.25) is 0 Å². The second-order valence-electron chi connectivity index (χ2n) is 17.4. The lowest BCUT2D eigenvalue weighted by molar-refractivity contribution is -0.870.